The highest BCUT2D eigenvalue weighted by Gasteiger charge is 2.21. The van der Waals surface area contributed by atoms with Crippen molar-refractivity contribution in [2.75, 3.05) is 49.5 Å². The van der Waals surface area contributed by atoms with Crippen LogP contribution in [0.25, 0.3) is 0 Å². The molecule has 3 rings (SSSR count). The van der Waals surface area contributed by atoms with E-state index in [0.29, 0.717) is 10.8 Å². The monoisotopic (exact) mass is 446 g/mol. The highest BCUT2D eigenvalue weighted by Crippen LogP contribution is 2.34. The predicted molar refractivity (Wildman–Crippen MR) is 127 cm³/mol. The van der Waals surface area contributed by atoms with Crippen LogP contribution >= 0.6 is 23.8 Å². The molecule has 6 nitrogen and oxygen atoms in total. The van der Waals surface area contributed by atoms with Crippen LogP contribution in [-0.2, 0) is 4.79 Å². The highest BCUT2D eigenvalue weighted by molar-refractivity contribution is 7.80. The lowest BCUT2D eigenvalue weighted by atomic mass is 10.2. The highest BCUT2D eigenvalue weighted by atomic mass is 35.5. The molecular formula is C22H27ClN4O2S. The number of nitrogens with one attached hydrogen (secondary N) is 2. The maximum Gasteiger partial charge on any atom is 0.264 e. The Balaban J connectivity index is 1.59. The Hall–Kier alpha value is -2.35. The lowest BCUT2D eigenvalue weighted by molar-refractivity contribution is -0.121. The molecular weight excluding hydrogens is 420 g/mol. The summed E-state index contributed by atoms with van der Waals surface area (Å²) in [5.74, 6) is 0.353. The zero-order chi connectivity index (χ0) is 21.5. The molecule has 1 aliphatic heterocycles. The summed E-state index contributed by atoms with van der Waals surface area (Å²) in [5, 5.41) is 6.66. The molecule has 0 spiro atoms. The quantitative estimate of drug-likeness (QED) is 0.660. The molecule has 160 valence electrons. The van der Waals surface area contributed by atoms with Gasteiger partial charge in [-0.1, -0.05) is 42.8 Å². The molecule has 0 aromatic heterocycles. The van der Waals surface area contributed by atoms with Gasteiger partial charge in [-0.05, 0) is 49.4 Å². The van der Waals surface area contributed by atoms with Crippen molar-refractivity contribution in [2.45, 2.75) is 13.8 Å². The van der Waals surface area contributed by atoms with E-state index in [1.54, 1.807) is 0 Å². The minimum atomic E-state index is -0.323. The van der Waals surface area contributed by atoms with Crippen molar-refractivity contribution in [2.24, 2.45) is 0 Å². The molecule has 1 heterocycles. The number of carbonyl (C=O) groups is 1. The fourth-order valence-electron chi connectivity index (χ4n) is 3.40. The number of aryl methyl sites for hydroxylation is 1. The normalized spacial score (nSPS) is 14.3. The number of benzene rings is 2. The van der Waals surface area contributed by atoms with E-state index < -0.39 is 0 Å². The number of nitrogens with zero attached hydrogens (tertiary/aromatic N) is 2. The fourth-order valence-corrected chi connectivity index (χ4v) is 3.92. The molecule has 0 saturated carbocycles. The average molecular weight is 447 g/mol. The van der Waals surface area contributed by atoms with Gasteiger partial charge in [-0.3, -0.25) is 10.1 Å². The van der Waals surface area contributed by atoms with E-state index in [0.717, 1.165) is 49.7 Å². The SMILES string of the molecule is CCN1CCN(c2c(Cl)cccc2NC(=S)NC(=O)COc2ccccc2C)CC1. The van der Waals surface area contributed by atoms with Gasteiger partial charge in [0.25, 0.3) is 5.91 Å². The summed E-state index contributed by atoms with van der Waals surface area (Å²) in [6.45, 7) is 8.77. The van der Waals surface area contributed by atoms with E-state index in [4.69, 9.17) is 28.6 Å². The zero-order valence-electron chi connectivity index (χ0n) is 17.3. The molecule has 2 N–H and O–H groups in total. The Kier molecular flexibility index (Phi) is 7.90. The van der Waals surface area contributed by atoms with Gasteiger partial charge in [0.1, 0.15) is 5.75 Å². The zero-order valence-corrected chi connectivity index (χ0v) is 18.9. The van der Waals surface area contributed by atoms with Crippen LogP contribution in [0.5, 0.6) is 5.75 Å². The van der Waals surface area contributed by atoms with Crippen molar-refractivity contribution >= 4 is 46.2 Å². The number of ether oxygens (including phenoxy) is 1. The van der Waals surface area contributed by atoms with Crippen molar-refractivity contribution in [3.63, 3.8) is 0 Å². The average Bonchev–Trinajstić information content (AvgIpc) is 2.73. The van der Waals surface area contributed by atoms with Crippen LogP contribution in [0.3, 0.4) is 0 Å². The van der Waals surface area contributed by atoms with Gasteiger partial charge >= 0.3 is 0 Å². The summed E-state index contributed by atoms with van der Waals surface area (Å²) in [5.41, 5.74) is 2.65. The van der Waals surface area contributed by atoms with Gasteiger partial charge in [0, 0.05) is 26.2 Å². The van der Waals surface area contributed by atoms with Crippen LogP contribution in [-0.4, -0.2) is 55.3 Å². The van der Waals surface area contributed by atoms with Crippen molar-refractivity contribution < 1.29 is 9.53 Å². The first-order chi connectivity index (χ1) is 14.5. The Morgan fingerprint density at radius 3 is 2.57 bits per heavy atom. The third-order valence-corrected chi connectivity index (χ3v) is 5.59. The third-order valence-electron chi connectivity index (χ3n) is 5.08. The minimum absolute atomic E-state index is 0.117. The molecule has 2 aromatic carbocycles. The van der Waals surface area contributed by atoms with Gasteiger partial charge in [-0.2, -0.15) is 0 Å². The summed E-state index contributed by atoms with van der Waals surface area (Å²) >= 11 is 11.9. The first-order valence-electron chi connectivity index (χ1n) is 10.0. The molecule has 8 heteroatoms. The number of carbonyl (C=O) groups excluding carboxylic acids is 1. The number of piperazine rings is 1. The molecule has 0 atom stereocenters. The number of rotatable bonds is 6. The van der Waals surface area contributed by atoms with Gasteiger partial charge in [0.2, 0.25) is 0 Å². The van der Waals surface area contributed by atoms with Crippen LogP contribution in [0.1, 0.15) is 12.5 Å². The first kappa shape index (κ1) is 22.3. The Morgan fingerprint density at radius 1 is 1.13 bits per heavy atom. The van der Waals surface area contributed by atoms with Gasteiger partial charge in [-0.25, -0.2) is 0 Å². The number of hydrogen-bond acceptors (Lipinski definition) is 5. The molecule has 2 aromatic rings. The van der Waals surface area contributed by atoms with Crippen LogP contribution < -0.4 is 20.3 Å². The number of hydrogen-bond donors (Lipinski definition) is 2. The fraction of sp³-hybridized carbons (Fsp3) is 0.364. The molecule has 1 saturated heterocycles. The molecule has 0 unspecified atom stereocenters. The lowest BCUT2D eigenvalue weighted by Gasteiger charge is -2.37. The summed E-state index contributed by atoms with van der Waals surface area (Å²) in [6.07, 6.45) is 0. The van der Waals surface area contributed by atoms with Crippen molar-refractivity contribution in [3.8, 4) is 5.75 Å². The minimum Gasteiger partial charge on any atom is -0.483 e. The number of amides is 1. The Bertz CT molecular complexity index is 900. The number of anilines is 2. The summed E-state index contributed by atoms with van der Waals surface area (Å²) < 4.78 is 5.57. The second-order valence-corrected chi connectivity index (χ2v) is 7.93. The third kappa shape index (κ3) is 5.84. The number of halogens is 1. The number of likely N-dealkylation sites (N-methyl/N-ethyl adjacent to an activating group) is 1. The van der Waals surface area contributed by atoms with E-state index in [9.17, 15) is 4.79 Å². The Labute approximate surface area is 188 Å². The van der Waals surface area contributed by atoms with E-state index in [-0.39, 0.29) is 17.6 Å². The van der Waals surface area contributed by atoms with Gasteiger partial charge < -0.3 is 19.9 Å². The van der Waals surface area contributed by atoms with Gasteiger partial charge in [0.05, 0.1) is 16.4 Å². The van der Waals surface area contributed by atoms with Crippen LogP contribution in [0.2, 0.25) is 5.02 Å². The molecule has 0 bridgehead atoms. The van der Waals surface area contributed by atoms with E-state index in [2.05, 4.69) is 27.4 Å². The first-order valence-corrected chi connectivity index (χ1v) is 10.8. The molecule has 0 radical (unpaired) electrons. The maximum atomic E-state index is 12.2. The van der Waals surface area contributed by atoms with Crippen LogP contribution in [0.4, 0.5) is 11.4 Å². The van der Waals surface area contributed by atoms with Gasteiger partial charge in [-0.15, -0.1) is 0 Å². The predicted octanol–water partition coefficient (Wildman–Crippen LogP) is 3.68. The lowest BCUT2D eigenvalue weighted by Crippen LogP contribution is -2.46. The smallest absolute Gasteiger partial charge is 0.264 e. The molecule has 1 amide bonds. The van der Waals surface area contributed by atoms with E-state index >= 15 is 0 Å². The van der Waals surface area contributed by atoms with Crippen LogP contribution in [0.15, 0.2) is 42.5 Å². The van der Waals surface area contributed by atoms with Crippen LogP contribution in [0, 0.1) is 6.92 Å². The molecule has 30 heavy (non-hydrogen) atoms. The second-order valence-electron chi connectivity index (χ2n) is 7.11. The largest absolute Gasteiger partial charge is 0.483 e. The second kappa shape index (κ2) is 10.6. The molecule has 1 aliphatic rings. The van der Waals surface area contributed by atoms with E-state index in [1.807, 2.05) is 49.4 Å². The molecule has 0 aliphatic carbocycles. The number of thiocarbonyl (C=S) groups is 1. The van der Waals surface area contributed by atoms with Crippen molar-refractivity contribution in [1.29, 1.82) is 0 Å². The molecule has 1 fully saturated rings. The van der Waals surface area contributed by atoms with Crippen molar-refractivity contribution in [1.82, 2.24) is 10.2 Å². The topological polar surface area (TPSA) is 56.8 Å². The maximum absolute atomic E-state index is 12.2. The standard InChI is InChI=1S/C22H27ClN4O2S/c1-3-26-11-13-27(14-12-26)21-17(23)8-6-9-18(21)24-22(30)25-20(28)15-29-19-10-5-4-7-16(19)2/h4-10H,3,11-15H2,1-2H3,(H2,24,25,28,30). The summed E-state index contributed by atoms with van der Waals surface area (Å²) in [6, 6.07) is 13.2. The summed E-state index contributed by atoms with van der Waals surface area (Å²) in [4.78, 5) is 16.9. The number of para-hydroxylation sites is 2. The summed E-state index contributed by atoms with van der Waals surface area (Å²) in [7, 11) is 0. The van der Waals surface area contributed by atoms with E-state index in [1.165, 1.54) is 0 Å². The Morgan fingerprint density at radius 2 is 1.87 bits per heavy atom. The van der Waals surface area contributed by atoms with Crippen molar-refractivity contribution in [3.05, 3.63) is 53.1 Å². The van der Waals surface area contributed by atoms with Gasteiger partial charge in [0.15, 0.2) is 11.7 Å².